The molecule has 0 aliphatic rings. The summed E-state index contributed by atoms with van der Waals surface area (Å²) >= 11 is 0. The lowest BCUT2D eigenvalue weighted by Crippen LogP contribution is -2.23. The van der Waals surface area contributed by atoms with Gasteiger partial charge in [0.2, 0.25) is 5.88 Å². The first-order chi connectivity index (χ1) is 19.2. The average Bonchev–Trinajstić information content (AvgIpc) is 2.96. The summed E-state index contributed by atoms with van der Waals surface area (Å²) in [4.78, 5) is 35.1. The minimum absolute atomic E-state index is 0.0733. The zero-order chi connectivity index (χ0) is 28.6. The second-order valence-corrected chi connectivity index (χ2v) is 9.42. The number of ketones is 1. The number of rotatable bonds is 8. The van der Waals surface area contributed by atoms with Gasteiger partial charge in [0.15, 0.2) is 34.3 Å². The summed E-state index contributed by atoms with van der Waals surface area (Å²) in [6.07, 6.45) is 1.95. The highest BCUT2D eigenvalue weighted by Crippen LogP contribution is 2.36. The van der Waals surface area contributed by atoms with Crippen LogP contribution >= 0.6 is 0 Å². The summed E-state index contributed by atoms with van der Waals surface area (Å²) in [5.74, 6) is -0.0514. The number of hydrogen-bond donors (Lipinski definition) is 0. The van der Waals surface area contributed by atoms with Crippen molar-refractivity contribution >= 4 is 27.6 Å². The molecule has 0 aliphatic carbocycles. The van der Waals surface area contributed by atoms with E-state index in [0.717, 1.165) is 17.5 Å². The third kappa shape index (κ3) is 4.75. The maximum Gasteiger partial charge on any atom is 0.230 e. The van der Waals surface area contributed by atoms with E-state index in [1.807, 2.05) is 36.7 Å². The van der Waals surface area contributed by atoms with Crippen molar-refractivity contribution in [2.75, 3.05) is 14.2 Å². The number of benzene rings is 3. The Morgan fingerprint density at radius 3 is 2.35 bits per heavy atom. The lowest BCUT2D eigenvalue weighted by molar-refractivity contribution is 0.0990. The predicted octanol–water partition coefficient (Wildman–Crippen LogP) is 5.73. The van der Waals surface area contributed by atoms with Crippen LogP contribution in [-0.4, -0.2) is 34.5 Å². The molecule has 2 heterocycles. The highest BCUT2D eigenvalue weighted by molar-refractivity contribution is 6.01. The van der Waals surface area contributed by atoms with Gasteiger partial charge in [-0.15, -0.1) is 0 Å². The van der Waals surface area contributed by atoms with E-state index >= 15 is 4.39 Å². The first kappa shape index (κ1) is 26.8. The molecular weight excluding hydrogens is 513 g/mol. The number of Topliss-reactive ketones (excluding diaryl/α,β-unsaturated/α-hetero) is 1. The maximum absolute atomic E-state index is 15.2. The van der Waals surface area contributed by atoms with Crippen molar-refractivity contribution in [3.8, 4) is 23.1 Å². The Balaban J connectivity index is 1.44. The van der Waals surface area contributed by atoms with E-state index < -0.39 is 5.82 Å². The van der Waals surface area contributed by atoms with Crippen LogP contribution in [0.2, 0.25) is 0 Å². The van der Waals surface area contributed by atoms with Gasteiger partial charge in [-0.3, -0.25) is 9.59 Å². The van der Waals surface area contributed by atoms with Crippen LogP contribution in [-0.2, 0) is 19.9 Å². The number of halogens is 1. The quantitative estimate of drug-likeness (QED) is 0.232. The Hall–Kier alpha value is -4.79. The smallest absolute Gasteiger partial charge is 0.230 e. The molecule has 2 aromatic heterocycles. The topological polar surface area (TPSA) is 92.5 Å². The number of aromatic nitrogens is 3. The van der Waals surface area contributed by atoms with Crippen LogP contribution in [0.15, 0.2) is 59.7 Å². The second-order valence-electron chi connectivity index (χ2n) is 9.42. The van der Waals surface area contributed by atoms with Crippen molar-refractivity contribution in [3.63, 3.8) is 0 Å². The number of nitrogens with zero attached hydrogens (tertiary/aromatic N) is 3. The van der Waals surface area contributed by atoms with Crippen molar-refractivity contribution < 1.29 is 23.4 Å². The van der Waals surface area contributed by atoms with E-state index in [9.17, 15) is 9.59 Å². The number of carbonyl (C=O) groups excluding carboxylic acids is 1. The van der Waals surface area contributed by atoms with Gasteiger partial charge in [0.25, 0.3) is 0 Å². The van der Waals surface area contributed by atoms with Gasteiger partial charge in [-0.25, -0.2) is 14.4 Å². The molecule has 0 saturated heterocycles. The molecule has 0 bridgehead atoms. The molecule has 3 aromatic carbocycles. The van der Waals surface area contributed by atoms with E-state index in [1.54, 1.807) is 25.1 Å². The van der Waals surface area contributed by atoms with Crippen LogP contribution in [0.25, 0.3) is 21.8 Å². The molecule has 0 spiro atoms. The van der Waals surface area contributed by atoms with Crippen LogP contribution in [0.5, 0.6) is 23.1 Å². The zero-order valence-corrected chi connectivity index (χ0v) is 22.9. The molecule has 9 heteroatoms. The fourth-order valence-corrected chi connectivity index (χ4v) is 4.81. The van der Waals surface area contributed by atoms with Gasteiger partial charge < -0.3 is 18.8 Å². The number of aryl methyl sites for hydroxylation is 2. The SMILES string of the molecule is CCc1ccc2c(c1)c(=O)c(C(=O)Cc1ccc(Oc3ncnc4cc(OC)c(OC)cc34)c(F)c1)c(C)n2C. The normalized spacial score (nSPS) is 11.2. The van der Waals surface area contributed by atoms with Crippen molar-refractivity contribution in [1.82, 2.24) is 14.5 Å². The molecule has 0 aliphatic heterocycles. The highest BCUT2D eigenvalue weighted by Gasteiger charge is 2.20. The molecule has 204 valence electrons. The number of ether oxygens (including phenoxy) is 3. The van der Waals surface area contributed by atoms with E-state index in [2.05, 4.69) is 9.97 Å². The van der Waals surface area contributed by atoms with Gasteiger partial charge in [-0.2, -0.15) is 0 Å². The number of carbonyl (C=O) groups is 1. The van der Waals surface area contributed by atoms with Gasteiger partial charge in [-0.05, 0) is 54.8 Å². The van der Waals surface area contributed by atoms with Gasteiger partial charge >= 0.3 is 0 Å². The minimum Gasteiger partial charge on any atom is -0.493 e. The van der Waals surface area contributed by atoms with Gasteiger partial charge in [0.05, 0.1) is 36.2 Å². The largest absolute Gasteiger partial charge is 0.493 e. The Morgan fingerprint density at radius 2 is 1.65 bits per heavy atom. The standard InChI is InChI=1S/C31H28FN3O5/c1-6-18-7-9-24-21(11-18)30(37)29(17(2)35(24)3)25(36)13-19-8-10-26(22(32)12-19)40-31-20-14-27(38-4)28(39-5)15-23(20)33-16-34-31/h7-12,14-16H,6,13H2,1-5H3. The Morgan fingerprint density at radius 1 is 0.925 bits per heavy atom. The lowest BCUT2D eigenvalue weighted by Gasteiger charge is -2.15. The zero-order valence-electron chi connectivity index (χ0n) is 22.9. The van der Waals surface area contributed by atoms with Gasteiger partial charge in [-0.1, -0.05) is 19.1 Å². The monoisotopic (exact) mass is 541 g/mol. The van der Waals surface area contributed by atoms with E-state index in [-0.39, 0.29) is 34.8 Å². The fourth-order valence-electron chi connectivity index (χ4n) is 4.81. The van der Waals surface area contributed by atoms with Gasteiger partial charge in [0, 0.05) is 30.6 Å². The van der Waals surface area contributed by atoms with Crippen molar-refractivity contribution in [3.05, 3.63) is 93.3 Å². The van der Waals surface area contributed by atoms with Crippen molar-refractivity contribution in [1.29, 1.82) is 0 Å². The van der Waals surface area contributed by atoms with Crippen LogP contribution in [0.1, 0.15) is 34.1 Å². The van der Waals surface area contributed by atoms with Crippen LogP contribution < -0.4 is 19.6 Å². The Labute approximate surface area is 230 Å². The lowest BCUT2D eigenvalue weighted by atomic mass is 9.98. The molecule has 40 heavy (non-hydrogen) atoms. The number of hydrogen-bond acceptors (Lipinski definition) is 7. The third-order valence-electron chi connectivity index (χ3n) is 7.12. The molecule has 5 aromatic rings. The van der Waals surface area contributed by atoms with Crippen molar-refractivity contribution in [2.45, 2.75) is 26.7 Å². The molecule has 0 amide bonds. The molecule has 0 unspecified atom stereocenters. The summed E-state index contributed by atoms with van der Waals surface area (Å²) in [5, 5.41) is 1.00. The Kier molecular flexibility index (Phi) is 7.21. The molecule has 0 saturated carbocycles. The molecular formula is C31H28FN3O5. The van der Waals surface area contributed by atoms with Crippen LogP contribution in [0.3, 0.4) is 0 Å². The fraction of sp³-hybridized carbons (Fsp3) is 0.226. The molecule has 0 fully saturated rings. The molecule has 8 nitrogen and oxygen atoms in total. The summed E-state index contributed by atoms with van der Waals surface area (Å²) in [5.41, 5.74) is 3.08. The average molecular weight is 542 g/mol. The van der Waals surface area contributed by atoms with Crippen molar-refractivity contribution in [2.24, 2.45) is 7.05 Å². The first-order valence-electron chi connectivity index (χ1n) is 12.7. The molecule has 0 atom stereocenters. The first-order valence-corrected chi connectivity index (χ1v) is 12.7. The van der Waals surface area contributed by atoms with Crippen LogP contribution in [0.4, 0.5) is 4.39 Å². The Bertz CT molecular complexity index is 1850. The van der Waals surface area contributed by atoms with Gasteiger partial charge in [0.1, 0.15) is 6.33 Å². The summed E-state index contributed by atoms with van der Waals surface area (Å²) in [6.45, 7) is 3.75. The van der Waals surface area contributed by atoms with E-state index in [4.69, 9.17) is 14.2 Å². The van der Waals surface area contributed by atoms with E-state index in [1.165, 1.54) is 32.7 Å². The summed E-state index contributed by atoms with van der Waals surface area (Å²) < 4.78 is 33.5. The molecule has 0 radical (unpaired) electrons. The van der Waals surface area contributed by atoms with Crippen LogP contribution in [0, 0.1) is 12.7 Å². The maximum atomic E-state index is 15.2. The summed E-state index contributed by atoms with van der Waals surface area (Å²) in [6, 6.07) is 13.3. The predicted molar refractivity (Wildman–Crippen MR) is 150 cm³/mol. The molecule has 5 rings (SSSR count). The second kappa shape index (κ2) is 10.8. The third-order valence-corrected chi connectivity index (χ3v) is 7.12. The number of fused-ring (bicyclic) bond motifs is 2. The molecule has 0 N–H and O–H groups in total. The number of methoxy groups -OCH3 is 2. The highest BCUT2D eigenvalue weighted by atomic mass is 19.1. The van der Waals surface area contributed by atoms with E-state index in [0.29, 0.717) is 39.0 Å². The summed E-state index contributed by atoms with van der Waals surface area (Å²) in [7, 11) is 4.85. The minimum atomic E-state index is -0.673. The number of pyridine rings is 1.